The van der Waals surface area contributed by atoms with Crippen LogP contribution in [0.25, 0.3) is 0 Å². The molecule has 0 bridgehead atoms. The van der Waals surface area contributed by atoms with Crippen molar-refractivity contribution in [3.05, 3.63) is 53.8 Å². The second kappa shape index (κ2) is 5.85. The van der Waals surface area contributed by atoms with Gasteiger partial charge in [-0.1, -0.05) is 0 Å². The molecule has 124 valence electrons. The maximum absolute atomic E-state index is 13.5. The summed E-state index contributed by atoms with van der Waals surface area (Å²) in [6.07, 6.45) is 0.950. The number of sulfonamides is 1. The van der Waals surface area contributed by atoms with Crippen molar-refractivity contribution in [1.29, 1.82) is 0 Å². The van der Waals surface area contributed by atoms with Crippen LogP contribution in [0, 0.1) is 17.5 Å². The highest BCUT2D eigenvalue weighted by atomic mass is 32.2. The van der Waals surface area contributed by atoms with E-state index in [-0.39, 0.29) is 9.79 Å². The predicted octanol–water partition coefficient (Wildman–Crippen LogP) is 2.31. The molecule has 23 heavy (non-hydrogen) atoms. The van der Waals surface area contributed by atoms with Gasteiger partial charge in [0, 0.05) is 6.26 Å². The lowest BCUT2D eigenvalue weighted by atomic mass is 10.3. The summed E-state index contributed by atoms with van der Waals surface area (Å²) in [4.78, 5) is -0.468. The maximum Gasteiger partial charge on any atom is 0.261 e. The average Bonchev–Trinajstić information content (AvgIpc) is 2.47. The molecular weight excluding hydrogens is 355 g/mol. The first kappa shape index (κ1) is 17.3. The smallest absolute Gasteiger partial charge is 0.261 e. The first-order valence-electron chi connectivity index (χ1n) is 5.99. The Balaban J connectivity index is 2.38. The molecule has 0 amide bonds. The number of anilines is 1. The minimum atomic E-state index is -4.30. The highest BCUT2D eigenvalue weighted by Crippen LogP contribution is 2.23. The summed E-state index contributed by atoms with van der Waals surface area (Å²) in [7, 11) is -7.81. The van der Waals surface area contributed by atoms with Gasteiger partial charge >= 0.3 is 0 Å². The van der Waals surface area contributed by atoms with Crippen LogP contribution in [0.5, 0.6) is 0 Å². The topological polar surface area (TPSA) is 80.3 Å². The number of sulfone groups is 1. The van der Waals surface area contributed by atoms with Crippen LogP contribution in [0.3, 0.4) is 0 Å². The molecule has 0 aliphatic heterocycles. The minimum absolute atomic E-state index is 0.101. The average molecular weight is 365 g/mol. The Bertz CT molecular complexity index is 955. The second-order valence-electron chi connectivity index (χ2n) is 4.57. The Morgan fingerprint density at radius 2 is 1.30 bits per heavy atom. The summed E-state index contributed by atoms with van der Waals surface area (Å²) >= 11 is 0. The van der Waals surface area contributed by atoms with Crippen LogP contribution in [0.2, 0.25) is 0 Å². The summed E-state index contributed by atoms with van der Waals surface area (Å²) in [5.41, 5.74) is -0.768. The van der Waals surface area contributed by atoms with E-state index in [1.807, 2.05) is 0 Å². The van der Waals surface area contributed by atoms with Crippen molar-refractivity contribution in [2.45, 2.75) is 9.79 Å². The van der Waals surface area contributed by atoms with Gasteiger partial charge in [-0.15, -0.1) is 0 Å². The van der Waals surface area contributed by atoms with Crippen LogP contribution >= 0.6 is 0 Å². The van der Waals surface area contributed by atoms with E-state index < -0.39 is 43.0 Å². The lowest BCUT2D eigenvalue weighted by Gasteiger charge is -2.10. The molecule has 0 saturated heterocycles. The van der Waals surface area contributed by atoms with Crippen molar-refractivity contribution in [1.82, 2.24) is 0 Å². The number of benzene rings is 2. The van der Waals surface area contributed by atoms with Gasteiger partial charge in [0.05, 0.1) is 15.5 Å². The quantitative estimate of drug-likeness (QED) is 0.843. The molecule has 0 aliphatic rings. The predicted molar refractivity (Wildman–Crippen MR) is 76.7 cm³/mol. The van der Waals surface area contributed by atoms with Gasteiger partial charge in [0.1, 0.15) is 0 Å². The van der Waals surface area contributed by atoms with Gasteiger partial charge < -0.3 is 0 Å². The molecule has 2 aromatic rings. The summed E-state index contributed by atoms with van der Waals surface area (Å²) < 4.78 is 88.0. The fourth-order valence-electron chi connectivity index (χ4n) is 1.67. The molecule has 0 saturated carbocycles. The molecule has 0 heterocycles. The first-order chi connectivity index (χ1) is 10.5. The fourth-order valence-corrected chi connectivity index (χ4v) is 3.36. The zero-order valence-corrected chi connectivity index (χ0v) is 13.2. The van der Waals surface area contributed by atoms with Crippen molar-refractivity contribution >= 4 is 25.5 Å². The molecule has 0 spiro atoms. The van der Waals surface area contributed by atoms with Crippen LogP contribution in [-0.2, 0) is 19.9 Å². The van der Waals surface area contributed by atoms with E-state index in [1.54, 1.807) is 4.72 Å². The van der Waals surface area contributed by atoms with E-state index in [1.165, 1.54) is 0 Å². The summed E-state index contributed by atoms with van der Waals surface area (Å²) in [6.45, 7) is 0. The molecule has 2 aromatic carbocycles. The van der Waals surface area contributed by atoms with E-state index in [0.717, 1.165) is 36.6 Å². The number of rotatable bonds is 4. The molecule has 0 fully saturated rings. The minimum Gasteiger partial charge on any atom is -0.277 e. The third-order valence-corrected chi connectivity index (χ3v) is 5.35. The van der Waals surface area contributed by atoms with Crippen molar-refractivity contribution in [2.24, 2.45) is 0 Å². The molecular formula is C13H10F3NO4S2. The number of hydrogen-bond donors (Lipinski definition) is 1. The van der Waals surface area contributed by atoms with E-state index >= 15 is 0 Å². The van der Waals surface area contributed by atoms with Gasteiger partial charge in [-0.25, -0.2) is 30.0 Å². The fraction of sp³-hybridized carbons (Fsp3) is 0.0769. The number of halogens is 3. The molecule has 1 N–H and O–H groups in total. The normalized spacial score (nSPS) is 12.2. The molecule has 0 aliphatic carbocycles. The monoisotopic (exact) mass is 365 g/mol. The van der Waals surface area contributed by atoms with E-state index in [0.29, 0.717) is 6.07 Å². The van der Waals surface area contributed by atoms with Gasteiger partial charge in [-0.3, -0.25) is 4.72 Å². The summed E-state index contributed by atoms with van der Waals surface area (Å²) in [6, 6.07) is 5.42. The largest absolute Gasteiger partial charge is 0.277 e. The van der Waals surface area contributed by atoms with Gasteiger partial charge in [0.15, 0.2) is 27.3 Å². The highest BCUT2D eigenvalue weighted by Gasteiger charge is 2.20. The number of hydrogen-bond acceptors (Lipinski definition) is 4. The van der Waals surface area contributed by atoms with Crippen molar-refractivity contribution in [2.75, 3.05) is 11.0 Å². The SMILES string of the molecule is CS(=O)(=O)c1ccc(S(=O)(=O)Nc2ccc(F)c(F)c2F)cc1. The van der Waals surface area contributed by atoms with Gasteiger partial charge in [0.2, 0.25) is 0 Å². The third-order valence-electron chi connectivity index (χ3n) is 2.84. The van der Waals surface area contributed by atoms with E-state index in [4.69, 9.17) is 0 Å². The van der Waals surface area contributed by atoms with Crippen LogP contribution in [0.4, 0.5) is 18.9 Å². The highest BCUT2D eigenvalue weighted by molar-refractivity contribution is 7.92. The summed E-state index contributed by atoms with van der Waals surface area (Å²) in [5, 5.41) is 0. The zero-order chi connectivity index (χ0) is 17.4. The maximum atomic E-state index is 13.5. The Morgan fingerprint density at radius 1 is 0.783 bits per heavy atom. The Hall–Kier alpha value is -2.07. The molecule has 0 unspecified atom stereocenters. The lowest BCUT2D eigenvalue weighted by molar-refractivity contribution is 0.449. The van der Waals surface area contributed by atoms with Crippen LogP contribution < -0.4 is 4.72 Å². The van der Waals surface area contributed by atoms with Crippen LogP contribution in [0.1, 0.15) is 0 Å². The Labute approximate surface area is 130 Å². The van der Waals surface area contributed by atoms with Crippen LogP contribution in [0.15, 0.2) is 46.2 Å². The van der Waals surface area contributed by atoms with Crippen LogP contribution in [-0.4, -0.2) is 23.1 Å². The van der Waals surface area contributed by atoms with E-state index in [9.17, 15) is 30.0 Å². The molecule has 0 radical (unpaired) electrons. The van der Waals surface area contributed by atoms with Crippen molar-refractivity contribution in [3.63, 3.8) is 0 Å². The van der Waals surface area contributed by atoms with Crippen molar-refractivity contribution < 1.29 is 30.0 Å². The molecule has 0 atom stereocenters. The number of nitrogens with one attached hydrogen (secondary N) is 1. The van der Waals surface area contributed by atoms with E-state index in [2.05, 4.69) is 0 Å². The van der Waals surface area contributed by atoms with Gasteiger partial charge in [-0.2, -0.15) is 0 Å². The first-order valence-corrected chi connectivity index (χ1v) is 9.36. The summed E-state index contributed by atoms with van der Waals surface area (Å²) in [5.74, 6) is -4.94. The Kier molecular flexibility index (Phi) is 4.40. The molecule has 5 nitrogen and oxygen atoms in total. The standard InChI is InChI=1S/C13H10F3NO4S2/c1-22(18,19)8-2-4-9(5-3-8)23(20,21)17-11-7-6-10(14)12(15)13(11)16/h2-7,17H,1H3. The molecule has 10 heteroatoms. The van der Waals surface area contributed by atoms with Gasteiger partial charge in [0.25, 0.3) is 10.0 Å². The molecule has 2 rings (SSSR count). The second-order valence-corrected chi connectivity index (χ2v) is 8.27. The lowest BCUT2D eigenvalue weighted by Crippen LogP contribution is -2.15. The van der Waals surface area contributed by atoms with Gasteiger partial charge in [-0.05, 0) is 36.4 Å². The van der Waals surface area contributed by atoms with Crippen molar-refractivity contribution in [3.8, 4) is 0 Å². The molecule has 0 aromatic heterocycles. The Morgan fingerprint density at radius 3 is 1.83 bits per heavy atom. The zero-order valence-electron chi connectivity index (χ0n) is 11.5. The third kappa shape index (κ3) is 3.64.